The van der Waals surface area contributed by atoms with E-state index in [1.807, 2.05) is 13.8 Å². The van der Waals surface area contributed by atoms with Crippen LogP contribution in [0.25, 0.3) is 0 Å². The van der Waals surface area contributed by atoms with Crippen molar-refractivity contribution in [1.82, 2.24) is 14.7 Å². The fourth-order valence-corrected chi connectivity index (χ4v) is 1.74. The molecular weight excluding hydrogens is 260 g/mol. The second-order valence-electron chi connectivity index (χ2n) is 4.78. The lowest BCUT2D eigenvalue weighted by molar-refractivity contribution is -0.144. The minimum absolute atomic E-state index is 0.0880. The van der Waals surface area contributed by atoms with Crippen LogP contribution in [0.4, 0.5) is 5.82 Å². The zero-order valence-corrected chi connectivity index (χ0v) is 12.4. The van der Waals surface area contributed by atoms with Crippen molar-refractivity contribution in [3.63, 3.8) is 0 Å². The summed E-state index contributed by atoms with van der Waals surface area (Å²) in [4.78, 5) is 24.8. The van der Waals surface area contributed by atoms with E-state index in [0.717, 1.165) is 0 Å². The number of carbonyl (C=O) groups excluding carboxylic acids is 2. The maximum atomic E-state index is 11.9. The van der Waals surface area contributed by atoms with Crippen LogP contribution in [0.2, 0.25) is 0 Å². The molecule has 1 aromatic heterocycles. The highest BCUT2D eigenvalue weighted by Crippen LogP contribution is 2.12. The molecule has 0 aliphatic heterocycles. The summed E-state index contributed by atoms with van der Waals surface area (Å²) in [7, 11) is 1.69. The molecule has 0 aliphatic rings. The average Bonchev–Trinajstić information content (AvgIpc) is 2.76. The molecule has 112 valence electrons. The normalized spacial score (nSPS) is 10.9. The summed E-state index contributed by atoms with van der Waals surface area (Å²) in [5.74, 6) is 0.115. The van der Waals surface area contributed by atoms with Gasteiger partial charge in [-0.05, 0) is 27.8 Å². The number of hydrogen-bond donors (Lipinski definition) is 1. The maximum absolute atomic E-state index is 11.9. The van der Waals surface area contributed by atoms with Gasteiger partial charge in [-0.15, -0.1) is 0 Å². The third-order valence-electron chi connectivity index (χ3n) is 2.54. The standard InChI is InChI=1S/C13H22N4O3/c1-5-20-13(19)9-16(4)8-12(18)15-11-6-7-14-17(11)10(2)3/h6-7,10H,5,8-9H2,1-4H3,(H,15,18). The lowest BCUT2D eigenvalue weighted by Gasteiger charge is -2.16. The monoisotopic (exact) mass is 282 g/mol. The van der Waals surface area contributed by atoms with Gasteiger partial charge in [-0.2, -0.15) is 5.10 Å². The zero-order valence-electron chi connectivity index (χ0n) is 12.4. The molecule has 7 nitrogen and oxygen atoms in total. The van der Waals surface area contributed by atoms with Crippen LogP contribution in [0.5, 0.6) is 0 Å². The first-order valence-corrected chi connectivity index (χ1v) is 6.61. The van der Waals surface area contributed by atoms with Crippen LogP contribution in [0.15, 0.2) is 12.3 Å². The van der Waals surface area contributed by atoms with E-state index in [4.69, 9.17) is 4.74 Å². The predicted octanol–water partition coefficient (Wildman–Crippen LogP) is 0.897. The predicted molar refractivity (Wildman–Crippen MR) is 75.4 cm³/mol. The Morgan fingerprint density at radius 3 is 2.75 bits per heavy atom. The molecule has 0 saturated heterocycles. The number of hydrogen-bond acceptors (Lipinski definition) is 5. The fourth-order valence-electron chi connectivity index (χ4n) is 1.74. The summed E-state index contributed by atoms with van der Waals surface area (Å²) in [6.07, 6.45) is 1.64. The molecule has 0 spiro atoms. The Hall–Kier alpha value is -1.89. The summed E-state index contributed by atoms with van der Waals surface area (Å²) in [6.45, 7) is 6.25. The van der Waals surface area contributed by atoms with Crippen LogP contribution < -0.4 is 5.32 Å². The molecule has 0 fully saturated rings. The number of rotatable bonds is 7. The molecule has 0 atom stereocenters. The first kappa shape index (κ1) is 16.2. The lowest BCUT2D eigenvalue weighted by Crippen LogP contribution is -2.35. The average molecular weight is 282 g/mol. The number of aromatic nitrogens is 2. The van der Waals surface area contributed by atoms with Gasteiger partial charge in [-0.1, -0.05) is 0 Å². The van der Waals surface area contributed by atoms with Gasteiger partial charge in [-0.3, -0.25) is 14.5 Å². The van der Waals surface area contributed by atoms with Gasteiger partial charge < -0.3 is 10.1 Å². The van der Waals surface area contributed by atoms with E-state index in [1.165, 1.54) is 0 Å². The van der Waals surface area contributed by atoms with Gasteiger partial charge in [0.1, 0.15) is 5.82 Å². The molecule has 1 amide bonds. The quantitative estimate of drug-likeness (QED) is 0.752. The molecule has 0 aromatic carbocycles. The Labute approximate surface area is 118 Å². The minimum Gasteiger partial charge on any atom is -0.465 e. The number of esters is 1. The Bertz CT molecular complexity index is 456. The van der Waals surface area contributed by atoms with Gasteiger partial charge in [0.25, 0.3) is 0 Å². The lowest BCUT2D eigenvalue weighted by atomic mass is 10.4. The second kappa shape index (κ2) is 7.64. The molecule has 20 heavy (non-hydrogen) atoms. The fraction of sp³-hybridized carbons (Fsp3) is 0.615. The first-order chi connectivity index (χ1) is 9.43. The maximum Gasteiger partial charge on any atom is 0.320 e. The van der Waals surface area contributed by atoms with Crippen molar-refractivity contribution in [1.29, 1.82) is 0 Å². The first-order valence-electron chi connectivity index (χ1n) is 6.61. The third kappa shape index (κ3) is 5.00. The number of amides is 1. The molecule has 0 saturated carbocycles. The highest BCUT2D eigenvalue weighted by atomic mass is 16.5. The number of anilines is 1. The van der Waals surface area contributed by atoms with E-state index < -0.39 is 0 Å². The van der Waals surface area contributed by atoms with Crippen LogP contribution in [0.3, 0.4) is 0 Å². The van der Waals surface area contributed by atoms with Gasteiger partial charge in [0.05, 0.1) is 25.9 Å². The Morgan fingerprint density at radius 2 is 2.15 bits per heavy atom. The number of carbonyl (C=O) groups is 2. The number of likely N-dealkylation sites (N-methyl/N-ethyl adjacent to an activating group) is 1. The van der Waals surface area contributed by atoms with Crippen molar-refractivity contribution in [3.8, 4) is 0 Å². The Kier molecular flexibility index (Phi) is 6.17. The van der Waals surface area contributed by atoms with E-state index >= 15 is 0 Å². The number of nitrogens with one attached hydrogen (secondary N) is 1. The van der Waals surface area contributed by atoms with Crippen molar-refractivity contribution >= 4 is 17.7 Å². The minimum atomic E-state index is -0.338. The Morgan fingerprint density at radius 1 is 1.45 bits per heavy atom. The number of ether oxygens (including phenoxy) is 1. The van der Waals surface area contributed by atoms with Gasteiger partial charge in [-0.25, -0.2) is 4.68 Å². The molecule has 0 radical (unpaired) electrons. The SMILES string of the molecule is CCOC(=O)CN(C)CC(=O)Nc1ccnn1C(C)C. The van der Waals surface area contributed by atoms with Crippen LogP contribution >= 0.6 is 0 Å². The number of nitrogens with zero attached hydrogens (tertiary/aromatic N) is 3. The molecule has 1 N–H and O–H groups in total. The van der Waals surface area contributed by atoms with Crippen molar-refractivity contribution in [3.05, 3.63) is 12.3 Å². The second-order valence-corrected chi connectivity index (χ2v) is 4.78. The van der Waals surface area contributed by atoms with E-state index in [9.17, 15) is 9.59 Å². The molecule has 0 bridgehead atoms. The molecule has 1 aromatic rings. The van der Waals surface area contributed by atoms with Gasteiger partial charge in [0.2, 0.25) is 5.91 Å². The van der Waals surface area contributed by atoms with Gasteiger partial charge >= 0.3 is 5.97 Å². The van der Waals surface area contributed by atoms with E-state index in [2.05, 4.69) is 10.4 Å². The summed E-state index contributed by atoms with van der Waals surface area (Å²) in [5, 5.41) is 6.91. The van der Waals surface area contributed by atoms with Crippen molar-refractivity contribution in [2.45, 2.75) is 26.8 Å². The zero-order chi connectivity index (χ0) is 15.1. The van der Waals surface area contributed by atoms with Crippen LogP contribution in [0.1, 0.15) is 26.8 Å². The molecule has 0 aliphatic carbocycles. The topological polar surface area (TPSA) is 76.5 Å². The van der Waals surface area contributed by atoms with Gasteiger partial charge in [0, 0.05) is 12.1 Å². The highest BCUT2D eigenvalue weighted by molar-refractivity contribution is 5.91. The molecule has 1 heterocycles. The third-order valence-corrected chi connectivity index (χ3v) is 2.54. The Balaban J connectivity index is 2.47. The van der Waals surface area contributed by atoms with Crippen LogP contribution in [-0.4, -0.2) is 53.3 Å². The van der Waals surface area contributed by atoms with E-state index in [1.54, 1.807) is 35.8 Å². The van der Waals surface area contributed by atoms with Gasteiger partial charge in [0.15, 0.2) is 0 Å². The van der Waals surface area contributed by atoms with Crippen LogP contribution in [-0.2, 0) is 14.3 Å². The van der Waals surface area contributed by atoms with E-state index in [0.29, 0.717) is 12.4 Å². The summed E-state index contributed by atoms with van der Waals surface area (Å²) in [5.41, 5.74) is 0. The highest BCUT2D eigenvalue weighted by Gasteiger charge is 2.13. The molecular formula is C13H22N4O3. The van der Waals surface area contributed by atoms with Crippen molar-refractivity contribution < 1.29 is 14.3 Å². The van der Waals surface area contributed by atoms with Crippen molar-refractivity contribution in [2.24, 2.45) is 0 Å². The summed E-state index contributed by atoms with van der Waals surface area (Å²) in [6, 6.07) is 1.90. The van der Waals surface area contributed by atoms with Crippen molar-refractivity contribution in [2.75, 3.05) is 32.1 Å². The van der Waals surface area contributed by atoms with E-state index in [-0.39, 0.29) is 31.0 Å². The molecule has 1 rings (SSSR count). The summed E-state index contributed by atoms with van der Waals surface area (Å²) < 4.78 is 6.55. The molecule has 7 heteroatoms. The van der Waals surface area contributed by atoms with Crippen LogP contribution in [0, 0.1) is 0 Å². The summed E-state index contributed by atoms with van der Waals surface area (Å²) >= 11 is 0. The smallest absolute Gasteiger partial charge is 0.320 e. The largest absolute Gasteiger partial charge is 0.465 e. The molecule has 0 unspecified atom stereocenters.